The number of carbonyl (C=O) groups is 1. The molecule has 2 aromatic heterocycles. The minimum atomic E-state index is -0.0673. The summed E-state index contributed by atoms with van der Waals surface area (Å²) < 4.78 is 0.882. The zero-order valence-corrected chi connectivity index (χ0v) is 12.9. The van der Waals surface area contributed by atoms with Crippen LogP contribution in [-0.4, -0.2) is 38.8 Å². The van der Waals surface area contributed by atoms with Gasteiger partial charge in [-0.15, -0.1) is 0 Å². The van der Waals surface area contributed by atoms with Crippen molar-refractivity contribution in [3.05, 3.63) is 46.6 Å². The smallest absolute Gasteiger partial charge is 0.239 e. The number of nitrogens with zero attached hydrogens (tertiary/aromatic N) is 4. The highest BCUT2D eigenvalue weighted by atomic mass is 79.9. The summed E-state index contributed by atoms with van der Waals surface area (Å²) in [5, 5.41) is 2.80. The lowest BCUT2D eigenvalue weighted by Gasteiger charge is -2.26. The van der Waals surface area contributed by atoms with Gasteiger partial charge < -0.3 is 5.32 Å². The van der Waals surface area contributed by atoms with E-state index in [0.717, 1.165) is 23.1 Å². The van der Waals surface area contributed by atoms with Crippen LogP contribution in [0, 0.1) is 0 Å². The van der Waals surface area contributed by atoms with Crippen LogP contribution in [0.5, 0.6) is 0 Å². The first-order valence-electron chi connectivity index (χ1n) is 6.62. The van der Waals surface area contributed by atoms with Crippen molar-refractivity contribution < 1.29 is 4.79 Å². The molecule has 108 valence electrons. The van der Waals surface area contributed by atoms with Crippen LogP contribution in [0.3, 0.4) is 0 Å². The standard InChI is InChI=1S/C14H14BrN5O/c15-11-1-2-13(17-6-11)19-14(21)8-20-4-3-10-5-16-9-18-12(10)7-20/h1-2,5-6,9H,3-4,7-8H2,(H,17,19,21). The summed E-state index contributed by atoms with van der Waals surface area (Å²) in [6.45, 7) is 1.85. The first-order chi connectivity index (χ1) is 10.2. The van der Waals surface area contributed by atoms with Gasteiger partial charge in [0.05, 0.1) is 12.2 Å². The summed E-state index contributed by atoms with van der Waals surface area (Å²) in [5.41, 5.74) is 2.18. The molecule has 1 aliphatic rings. The van der Waals surface area contributed by atoms with Gasteiger partial charge in [0.25, 0.3) is 0 Å². The van der Waals surface area contributed by atoms with Crippen molar-refractivity contribution in [2.75, 3.05) is 18.4 Å². The van der Waals surface area contributed by atoms with Crippen molar-refractivity contribution in [1.29, 1.82) is 0 Å². The van der Waals surface area contributed by atoms with E-state index in [1.165, 1.54) is 5.56 Å². The number of halogens is 1. The van der Waals surface area contributed by atoms with Gasteiger partial charge in [-0.3, -0.25) is 9.69 Å². The third-order valence-electron chi connectivity index (χ3n) is 3.31. The lowest BCUT2D eigenvalue weighted by atomic mass is 10.1. The zero-order chi connectivity index (χ0) is 14.7. The molecule has 0 fully saturated rings. The molecule has 1 aliphatic heterocycles. The average Bonchev–Trinajstić information content (AvgIpc) is 2.49. The van der Waals surface area contributed by atoms with E-state index in [-0.39, 0.29) is 5.91 Å². The van der Waals surface area contributed by atoms with Crippen LogP contribution in [0.4, 0.5) is 5.82 Å². The van der Waals surface area contributed by atoms with Crippen LogP contribution < -0.4 is 5.32 Å². The van der Waals surface area contributed by atoms with Gasteiger partial charge in [-0.25, -0.2) is 15.0 Å². The number of anilines is 1. The fourth-order valence-corrected chi connectivity index (χ4v) is 2.51. The summed E-state index contributed by atoms with van der Waals surface area (Å²) in [5.74, 6) is 0.491. The van der Waals surface area contributed by atoms with Gasteiger partial charge >= 0.3 is 0 Å². The number of nitrogens with one attached hydrogen (secondary N) is 1. The molecule has 3 rings (SSSR count). The van der Waals surface area contributed by atoms with E-state index in [0.29, 0.717) is 18.9 Å². The van der Waals surface area contributed by atoms with Crippen LogP contribution in [0.2, 0.25) is 0 Å². The highest BCUT2D eigenvalue weighted by Gasteiger charge is 2.19. The molecule has 0 spiro atoms. The van der Waals surface area contributed by atoms with Crippen molar-refractivity contribution in [3.8, 4) is 0 Å². The SMILES string of the molecule is O=C(CN1CCc2cncnc2C1)Nc1ccc(Br)cn1. The molecule has 0 aromatic carbocycles. The second kappa shape index (κ2) is 6.28. The minimum Gasteiger partial charge on any atom is -0.310 e. The first kappa shape index (κ1) is 14.1. The van der Waals surface area contributed by atoms with Crippen molar-refractivity contribution in [1.82, 2.24) is 19.9 Å². The van der Waals surface area contributed by atoms with Gasteiger partial charge in [-0.2, -0.15) is 0 Å². The van der Waals surface area contributed by atoms with Crippen LogP contribution >= 0.6 is 15.9 Å². The number of fused-ring (bicyclic) bond motifs is 1. The summed E-state index contributed by atoms with van der Waals surface area (Å²) in [7, 11) is 0. The number of pyridine rings is 1. The Balaban J connectivity index is 1.57. The Morgan fingerprint density at radius 3 is 3.05 bits per heavy atom. The third-order valence-corrected chi connectivity index (χ3v) is 3.78. The number of aromatic nitrogens is 3. The second-order valence-electron chi connectivity index (χ2n) is 4.87. The lowest BCUT2D eigenvalue weighted by Crippen LogP contribution is -2.37. The summed E-state index contributed by atoms with van der Waals surface area (Å²) in [6.07, 6.45) is 5.93. The van der Waals surface area contributed by atoms with Gasteiger partial charge in [-0.1, -0.05) is 0 Å². The molecular weight excluding hydrogens is 334 g/mol. The molecule has 7 heteroatoms. The Labute approximate surface area is 130 Å². The van der Waals surface area contributed by atoms with E-state index >= 15 is 0 Å². The molecule has 0 saturated heterocycles. The summed E-state index contributed by atoms with van der Waals surface area (Å²) in [6, 6.07) is 3.61. The van der Waals surface area contributed by atoms with Gasteiger partial charge in [0.2, 0.25) is 5.91 Å². The molecule has 1 N–H and O–H groups in total. The Hall–Kier alpha value is -1.86. The monoisotopic (exact) mass is 347 g/mol. The summed E-state index contributed by atoms with van der Waals surface area (Å²) in [4.78, 5) is 26.5. The molecule has 0 saturated carbocycles. The fourth-order valence-electron chi connectivity index (χ4n) is 2.27. The van der Waals surface area contributed by atoms with Gasteiger partial charge in [-0.05, 0) is 40.0 Å². The van der Waals surface area contributed by atoms with E-state index in [1.807, 2.05) is 12.3 Å². The fraction of sp³-hybridized carbons (Fsp3) is 0.286. The molecule has 0 radical (unpaired) electrons. The Bertz CT molecular complexity index is 646. The zero-order valence-electron chi connectivity index (χ0n) is 11.3. The molecular formula is C14H14BrN5O. The first-order valence-corrected chi connectivity index (χ1v) is 7.41. The molecule has 2 aromatic rings. The molecule has 1 amide bonds. The topological polar surface area (TPSA) is 71.0 Å². The van der Waals surface area contributed by atoms with Gasteiger partial charge in [0.15, 0.2) is 0 Å². The van der Waals surface area contributed by atoms with Gasteiger partial charge in [0.1, 0.15) is 12.1 Å². The number of hydrogen-bond acceptors (Lipinski definition) is 5. The van der Waals surface area contributed by atoms with Crippen molar-refractivity contribution >= 4 is 27.7 Å². The van der Waals surface area contributed by atoms with E-state index in [1.54, 1.807) is 18.6 Å². The number of rotatable bonds is 3. The Morgan fingerprint density at radius 2 is 2.24 bits per heavy atom. The Kier molecular flexibility index (Phi) is 4.21. The van der Waals surface area contributed by atoms with Crippen molar-refractivity contribution in [3.63, 3.8) is 0 Å². The Morgan fingerprint density at radius 1 is 1.33 bits per heavy atom. The molecule has 0 unspecified atom stereocenters. The lowest BCUT2D eigenvalue weighted by molar-refractivity contribution is -0.117. The third kappa shape index (κ3) is 3.62. The molecule has 6 nitrogen and oxygen atoms in total. The highest BCUT2D eigenvalue weighted by molar-refractivity contribution is 9.10. The molecule has 21 heavy (non-hydrogen) atoms. The molecule has 0 bridgehead atoms. The number of hydrogen-bond donors (Lipinski definition) is 1. The predicted molar refractivity (Wildman–Crippen MR) is 81.6 cm³/mol. The van der Waals surface area contributed by atoms with Crippen LogP contribution in [0.1, 0.15) is 11.3 Å². The normalized spacial score (nSPS) is 14.5. The molecule has 0 atom stereocenters. The van der Waals surface area contributed by atoms with Crippen LogP contribution in [-0.2, 0) is 17.8 Å². The maximum absolute atomic E-state index is 12.0. The van der Waals surface area contributed by atoms with E-state index < -0.39 is 0 Å². The molecule has 0 aliphatic carbocycles. The second-order valence-corrected chi connectivity index (χ2v) is 5.78. The minimum absolute atomic E-state index is 0.0673. The van der Waals surface area contributed by atoms with E-state index in [4.69, 9.17) is 0 Å². The summed E-state index contributed by atoms with van der Waals surface area (Å²) >= 11 is 3.31. The number of amides is 1. The quantitative estimate of drug-likeness (QED) is 0.913. The largest absolute Gasteiger partial charge is 0.310 e. The maximum atomic E-state index is 12.0. The maximum Gasteiger partial charge on any atom is 0.239 e. The van der Waals surface area contributed by atoms with Crippen LogP contribution in [0.25, 0.3) is 0 Å². The predicted octanol–water partition coefficient (Wildman–Crippen LogP) is 1.63. The van der Waals surface area contributed by atoms with Crippen LogP contribution in [0.15, 0.2) is 35.3 Å². The van der Waals surface area contributed by atoms with Crippen molar-refractivity contribution in [2.45, 2.75) is 13.0 Å². The van der Waals surface area contributed by atoms with E-state index in [9.17, 15) is 4.79 Å². The highest BCUT2D eigenvalue weighted by Crippen LogP contribution is 2.15. The average molecular weight is 348 g/mol. The van der Waals surface area contributed by atoms with E-state index in [2.05, 4.69) is 41.1 Å². The van der Waals surface area contributed by atoms with Crippen molar-refractivity contribution in [2.24, 2.45) is 0 Å². The molecule has 3 heterocycles. The van der Waals surface area contributed by atoms with Gasteiger partial charge in [0, 0.05) is 30.0 Å². The number of carbonyl (C=O) groups excluding carboxylic acids is 1.